The molecular weight excluding hydrogens is 332 g/mol. The number of carbonyl (C=O) groups excluding carboxylic acids is 2. The van der Waals surface area contributed by atoms with Gasteiger partial charge in [0.1, 0.15) is 30.0 Å². The maximum atomic E-state index is 12.5. The molecular formula is C17H22O8. The molecule has 0 radical (unpaired) electrons. The molecule has 0 aromatic rings. The number of esters is 1. The van der Waals surface area contributed by atoms with Gasteiger partial charge >= 0.3 is 5.97 Å². The van der Waals surface area contributed by atoms with E-state index in [2.05, 4.69) is 0 Å². The van der Waals surface area contributed by atoms with Gasteiger partial charge in [0, 0.05) is 6.92 Å². The van der Waals surface area contributed by atoms with Crippen LogP contribution < -0.4 is 0 Å². The van der Waals surface area contributed by atoms with Crippen LogP contribution in [0.1, 0.15) is 20.8 Å². The van der Waals surface area contributed by atoms with Crippen molar-refractivity contribution in [2.75, 3.05) is 13.2 Å². The summed E-state index contributed by atoms with van der Waals surface area (Å²) >= 11 is 0. The van der Waals surface area contributed by atoms with E-state index in [1.54, 1.807) is 19.9 Å². The monoisotopic (exact) mass is 354 g/mol. The summed E-state index contributed by atoms with van der Waals surface area (Å²) in [5.74, 6) is -1.13. The van der Waals surface area contributed by atoms with Gasteiger partial charge in [-0.2, -0.15) is 0 Å². The molecule has 4 aliphatic rings. The normalized spacial score (nSPS) is 53.4. The zero-order valence-electron chi connectivity index (χ0n) is 14.3. The third-order valence-electron chi connectivity index (χ3n) is 6.83. The molecule has 0 aromatic carbocycles. The van der Waals surface area contributed by atoms with Gasteiger partial charge in [-0.25, -0.2) is 0 Å². The predicted octanol–water partition coefficient (Wildman–Crippen LogP) is -1.30. The van der Waals surface area contributed by atoms with E-state index in [-0.39, 0.29) is 6.61 Å². The molecule has 1 saturated carbocycles. The first-order chi connectivity index (χ1) is 11.7. The minimum Gasteiger partial charge on any atom is -0.459 e. The van der Waals surface area contributed by atoms with Gasteiger partial charge in [-0.3, -0.25) is 9.59 Å². The Bertz CT molecular complexity index is 682. The van der Waals surface area contributed by atoms with Crippen LogP contribution in [0.2, 0.25) is 0 Å². The van der Waals surface area contributed by atoms with Crippen LogP contribution >= 0.6 is 0 Å². The van der Waals surface area contributed by atoms with Crippen LogP contribution in [0.3, 0.4) is 0 Å². The van der Waals surface area contributed by atoms with Gasteiger partial charge in [0.15, 0.2) is 5.78 Å². The number of aliphatic hydroxyl groups excluding tert-OH is 3. The molecule has 2 bridgehead atoms. The van der Waals surface area contributed by atoms with Crippen LogP contribution in [0.4, 0.5) is 0 Å². The first-order valence-corrected chi connectivity index (χ1v) is 8.33. The lowest BCUT2D eigenvalue weighted by Crippen LogP contribution is -2.72. The molecule has 2 aliphatic heterocycles. The molecule has 3 fully saturated rings. The van der Waals surface area contributed by atoms with Crippen molar-refractivity contribution in [3.63, 3.8) is 0 Å². The number of hydrogen-bond donors (Lipinski definition) is 3. The van der Waals surface area contributed by atoms with Crippen molar-refractivity contribution >= 4 is 11.8 Å². The quantitative estimate of drug-likeness (QED) is 0.413. The third kappa shape index (κ3) is 1.65. The number of ether oxygens (including phenoxy) is 3. The predicted molar refractivity (Wildman–Crippen MR) is 81.3 cm³/mol. The summed E-state index contributed by atoms with van der Waals surface area (Å²) in [5.41, 5.74) is -3.39. The third-order valence-corrected chi connectivity index (χ3v) is 6.83. The Hall–Kier alpha value is -1.32. The van der Waals surface area contributed by atoms with Crippen molar-refractivity contribution < 1.29 is 39.1 Å². The first-order valence-electron chi connectivity index (χ1n) is 8.33. The lowest BCUT2D eigenvalue weighted by Gasteiger charge is -2.58. The fourth-order valence-corrected chi connectivity index (χ4v) is 5.37. The summed E-state index contributed by atoms with van der Waals surface area (Å²) in [6.07, 6.45) is -3.87. The standard InChI is InChI=1S/C17H22O8/c1-7-4-9-16(5-18,12(22)10(7)20)15(3)13(24-8(2)19)11(21)14(25-9)17(15)6-23-17/h4,9,11-14,18,21-22H,5-6H2,1-3H3/t9-,11-,12-,13+,14-,15-,16-,17+/m1/s1. The minimum absolute atomic E-state index is 0.223. The van der Waals surface area contributed by atoms with Crippen LogP contribution in [0.5, 0.6) is 0 Å². The number of fused-ring (bicyclic) bond motifs is 2. The summed E-state index contributed by atoms with van der Waals surface area (Å²) in [5, 5.41) is 32.0. The van der Waals surface area contributed by atoms with Crippen LogP contribution in [-0.4, -0.2) is 76.4 Å². The van der Waals surface area contributed by atoms with E-state index in [0.717, 1.165) is 0 Å². The Morgan fingerprint density at radius 3 is 2.60 bits per heavy atom. The second-order valence-electron chi connectivity index (χ2n) is 7.69. The molecule has 3 N–H and O–H groups in total. The Morgan fingerprint density at radius 1 is 1.44 bits per heavy atom. The van der Waals surface area contributed by atoms with E-state index >= 15 is 0 Å². The van der Waals surface area contributed by atoms with Gasteiger partial charge in [0.05, 0.1) is 30.1 Å². The molecule has 2 heterocycles. The largest absolute Gasteiger partial charge is 0.459 e. The summed E-state index contributed by atoms with van der Waals surface area (Å²) in [6.45, 7) is 4.11. The van der Waals surface area contributed by atoms with Crippen LogP contribution in [-0.2, 0) is 23.8 Å². The van der Waals surface area contributed by atoms with Crippen molar-refractivity contribution in [2.45, 2.75) is 56.9 Å². The van der Waals surface area contributed by atoms with Crippen LogP contribution in [0, 0.1) is 10.8 Å². The SMILES string of the molecule is CC(=O)O[C@H]1[C@@H](O)[C@H]2O[C@@H]3C=C(C)C(=O)[C@@H](O)[C@]3(CO)[C@]1(C)[C@]21CO1. The topological polar surface area (TPSA) is 126 Å². The van der Waals surface area contributed by atoms with Crippen molar-refractivity contribution in [1.82, 2.24) is 0 Å². The number of carbonyl (C=O) groups is 2. The maximum Gasteiger partial charge on any atom is 0.303 e. The number of aliphatic hydroxyl groups is 3. The van der Waals surface area contributed by atoms with E-state index in [1.165, 1.54) is 6.92 Å². The molecule has 25 heavy (non-hydrogen) atoms. The lowest BCUT2D eigenvalue weighted by atomic mass is 9.50. The van der Waals surface area contributed by atoms with Crippen molar-refractivity contribution in [3.8, 4) is 0 Å². The highest BCUT2D eigenvalue weighted by molar-refractivity contribution is 6.00. The van der Waals surface area contributed by atoms with Crippen LogP contribution in [0.15, 0.2) is 11.6 Å². The van der Waals surface area contributed by atoms with E-state index in [9.17, 15) is 24.9 Å². The van der Waals surface area contributed by atoms with E-state index in [0.29, 0.717) is 5.57 Å². The molecule has 2 saturated heterocycles. The summed E-state index contributed by atoms with van der Waals surface area (Å²) in [6, 6.07) is 0. The number of rotatable bonds is 2. The smallest absolute Gasteiger partial charge is 0.303 e. The van der Waals surface area contributed by atoms with E-state index in [4.69, 9.17) is 14.2 Å². The molecule has 2 aliphatic carbocycles. The minimum atomic E-state index is -1.57. The van der Waals surface area contributed by atoms with Crippen molar-refractivity contribution in [3.05, 3.63) is 11.6 Å². The molecule has 8 atom stereocenters. The van der Waals surface area contributed by atoms with Crippen LogP contribution in [0.25, 0.3) is 0 Å². The molecule has 4 rings (SSSR count). The van der Waals surface area contributed by atoms with Gasteiger partial charge in [-0.05, 0) is 18.6 Å². The molecule has 1 spiro atoms. The van der Waals surface area contributed by atoms with E-state index < -0.39 is 65.3 Å². The Kier molecular flexibility index (Phi) is 3.35. The highest BCUT2D eigenvalue weighted by atomic mass is 16.7. The first kappa shape index (κ1) is 17.1. The average Bonchev–Trinajstić information content (AvgIpc) is 3.33. The summed E-state index contributed by atoms with van der Waals surface area (Å²) < 4.78 is 17.1. The molecule has 138 valence electrons. The Morgan fingerprint density at radius 2 is 2.08 bits per heavy atom. The highest BCUT2D eigenvalue weighted by Gasteiger charge is 2.87. The number of ketones is 1. The van der Waals surface area contributed by atoms with Crippen molar-refractivity contribution in [1.29, 1.82) is 0 Å². The van der Waals surface area contributed by atoms with Crippen molar-refractivity contribution in [2.24, 2.45) is 10.8 Å². The van der Waals surface area contributed by atoms with Gasteiger partial charge in [0.2, 0.25) is 0 Å². The molecule has 0 amide bonds. The zero-order chi connectivity index (χ0) is 18.4. The lowest BCUT2D eigenvalue weighted by molar-refractivity contribution is -0.255. The van der Waals surface area contributed by atoms with Gasteiger partial charge in [-0.1, -0.05) is 6.92 Å². The maximum absolute atomic E-state index is 12.5. The van der Waals surface area contributed by atoms with E-state index in [1.807, 2.05) is 0 Å². The second-order valence-corrected chi connectivity index (χ2v) is 7.69. The average molecular weight is 354 g/mol. The zero-order valence-corrected chi connectivity index (χ0v) is 14.3. The number of hydrogen-bond acceptors (Lipinski definition) is 8. The Labute approximate surface area is 144 Å². The van der Waals surface area contributed by atoms with Gasteiger partial charge in [0.25, 0.3) is 0 Å². The number of epoxide rings is 1. The molecule has 0 unspecified atom stereocenters. The second kappa shape index (κ2) is 4.89. The number of Topliss-reactive ketones (excluding diaryl/α,β-unsaturated/α-hetero) is 1. The molecule has 8 heteroatoms. The fourth-order valence-electron chi connectivity index (χ4n) is 5.37. The fraction of sp³-hybridized carbons (Fsp3) is 0.765. The summed E-state index contributed by atoms with van der Waals surface area (Å²) in [4.78, 5) is 24.1. The van der Waals surface area contributed by atoms with Gasteiger partial charge < -0.3 is 29.5 Å². The molecule has 0 aromatic heterocycles. The molecule has 8 nitrogen and oxygen atoms in total. The van der Waals surface area contributed by atoms with Gasteiger partial charge in [-0.15, -0.1) is 0 Å². The highest BCUT2D eigenvalue weighted by Crippen LogP contribution is 2.71. The summed E-state index contributed by atoms with van der Waals surface area (Å²) in [7, 11) is 0. The Balaban J connectivity index is 1.96.